The van der Waals surface area contributed by atoms with Crippen molar-refractivity contribution in [3.05, 3.63) is 53.6 Å². The number of nitriles is 1. The maximum atomic E-state index is 13.2. The van der Waals surface area contributed by atoms with Gasteiger partial charge in [0.1, 0.15) is 17.7 Å². The van der Waals surface area contributed by atoms with Gasteiger partial charge in [-0.05, 0) is 36.4 Å². The van der Waals surface area contributed by atoms with E-state index in [1.54, 1.807) is 12.1 Å². The van der Waals surface area contributed by atoms with E-state index >= 15 is 0 Å². The highest BCUT2D eigenvalue weighted by Gasteiger charge is 2.07. The highest BCUT2D eigenvalue weighted by atomic mass is 32.1. The van der Waals surface area contributed by atoms with E-state index in [4.69, 9.17) is 5.26 Å². The Morgan fingerprint density at radius 2 is 2.00 bits per heavy atom. The van der Waals surface area contributed by atoms with Crippen LogP contribution < -0.4 is 5.32 Å². The molecule has 0 aliphatic heterocycles. The van der Waals surface area contributed by atoms with Crippen molar-refractivity contribution in [2.24, 2.45) is 0 Å². The summed E-state index contributed by atoms with van der Waals surface area (Å²) in [4.78, 5) is 4.29. The van der Waals surface area contributed by atoms with Crippen LogP contribution >= 0.6 is 11.3 Å². The lowest BCUT2D eigenvalue weighted by molar-refractivity contribution is 0.624. The van der Waals surface area contributed by atoms with Crippen LogP contribution in [-0.2, 0) is 0 Å². The first-order valence-electron chi connectivity index (χ1n) is 5.68. The maximum Gasteiger partial charge on any atom is 0.188 e. The molecule has 6 heteroatoms. The number of anilines is 2. The van der Waals surface area contributed by atoms with Crippen LogP contribution in [0.15, 0.2) is 36.4 Å². The van der Waals surface area contributed by atoms with Gasteiger partial charge in [-0.15, -0.1) is 0 Å². The number of rotatable bonds is 2. The van der Waals surface area contributed by atoms with Crippen molar-refractivity contribution in [3.8, 4) is 6.07 Å². The molecule has 0 atom stereocenters. The molecule has 0 saturated carbocycles. The van der Waals surface area contributed by atoms with Gasteiger partial charge in [-0.25, -0.2) is 13.8 Å². The molecule has 1 heterocycles. The zero-order valence-electron chi connectivity index (χ0n) is 10.0. The Hall–Kier alpha value is -2.52. The predicted molar refractivity (Wildman–Crippen MR) is 74.0 cm³/mol. The summed E-state index contributed by atoms with van der Waals surface area (Å²) in [6.45, 7) is 0. The van der Waals surface area contributed by atoms with E-state index in [0.717, 1.165) is 4.70 Å². The van der Waals surface area contributed by atoms with Crippen molar-refractivity contribution >= 4 is 32.4 Å². The van der Waals surface area contributed by atoms with Gasteiger partial charge in [0.05, 0.1) is 15.8 Å². The third-order valence-electron chi connectivity index (χ3n) is 2.69. The molecule has 0 bridgehead atoms. The molecule has 0 aliphatic rings. The number of halogens is 2. The number of thiazole rings is 1. The molecule has 0 saturated heterocycles. The molecule has 3 aromatic rings. The van der Waals surface area contributed by atoms with E-state index in [0.29, 0.717) is 16.3 Å². The number of nitrogens with one attached hydrogen (secondary N) is 1. The first-order chi connectivity index (χ1) is 9.65. The quantitative estimate of drug-likeness (QED) is 0.768. The third kappa shape index (κ3) is 2.31. The SMILES string of the molecule is N#Cc1cc(Nc2nc3ccc(F)cc3s2)ccc1F. The van der Waals surface area contributed by atoms with Crippen LogP contribution in [-0.4, -0.2) is 4.98 Å². The Bertz CT molecular complexity index is 836. The van der Waals surface area contributed by atoms with Gasteiger partial charge in [0.25, 0.3) is 0 Å². The van der Waals surface area contributed by atoms with Gasteiger partial charge in [-0.1, -0.05) is 11.3 Å². The molecule has 0 spiro atoms. The Balaban J connectivity index is 1.95. The van der Waals surface area contributed by atoms with E-state index < -0.39 is 5.82 Å². The van der Waals surface area contributed by atoms with Gasteiger partial charge < -0.3 is 5.32 Å². The molecule has 0 aliphatic carbocycles. The summed E-state index contributed by atoms with van der Waals surface area (Å²) < 4.78 is 27.0. The normalized spacial score (nSPS) is 10.4. The molecule has 98 valence electrons. The number of benzene rings is 2. The fourth-order valence-electron chi connectivity index (χ4n) is 1.76. The smallest absolute Gasteiger partial charge is 0.188 e. The molecule has 2 aromatic carbocycles. The average Bonchev–Trinajstić information content (AvgIpc) is 2.82. The Labute approximate surface area is 117 Å². The van der Waals surface area contributed by atoms with Crippen molar-refractivity contribution in [2.45, 2.75) is 0 Å². The average molecular weight is 287 g/mol. The van der Waals surface area contributed by atoms with E-state index in [1.807, 2.05) is 0 Å². The number of aromatic nitrogens is 1. The minimum Gasteiger partial charge on any atom is -0.331 e. The van der Waals surface area contributed by atoms with Crippen molar-refractivity contribution in [1.82, 2.24) is 4.98 Å². The summed E-state index contributed by atoms with van der Waals surface area (Å²) >= 11 is 1.29. The fraction of sp³-hybridized carbons (Fsp3) is 0. The molecule has 20 heavy (non-hydrogen) atoms. The van der Waals surface area contributed by atoms with Crippen molar-refractivity contribution in [1.29, 1.82) is 5.26 Å². The number of hydrogen-bond acceptors (Lipinski definition) is 4. The number of hydrogen-bond donors (Lipinski definition) is 1. The zero-order chi connectivity index (χ0) is 14.1. The molecule has 0 amide bonds. The van der Waals surface area contributed by atoms with Crippen molar-refractivity contribution in [3.63, 3.8) is 0 Å². The van der Waals surface area contributed by atoms with Crippen LogP contribution in [0.2, 0.25) is 0 Å². The molecule has 3 rings (SSSR count). The van der Waals surface area contributed by atoms with Crippen LogP contribution in [0.5, 0.6) is 0 Å². The topological polar surface area (TPSA) is 48.7 Å². The maximum absolute atomic E-state index is 13.2. The largest absolute Gasteiger partial charge is 0.331 e. The van der Waals surface area contributed by atoms with E-state index in [2.05, 4.69) is 10.3 Å². The van der Waals surface area contributed by atoms with E-state index in [1.165, 1.54) is 41.7 Å². The monoisotopic (exact) mass is 287 g/mol. The zero-order valence-corrected chi connectivity index (χ0v) is 10.8. The second kappa shape index (κ2) is 4.87. The van der Waals surface area contributed by atoms with Crippen molar-refractivity contribution < 1.29 is 8.78 Å². The Morgan fingerprint density at radius 1 is 1.15 bits per heavy atom. The summed E-state index contributed by atoms with van der Waals surface area (Å²) in [5.41, 5.74) is 1.20. The molecule has 3 nitrogen and oxygen atoms in total. The molecule has 0 fully saturated rings. The van der Waals surface area contributed by atoms with Crippen LogP contribution in [0, 0.1) is 23.0 Å². The van der Waals surface area contributed by atoms with Gasteiger partial charge in [-0.2, -0.15) is 5.26 Å². The molecule has 1 aromatic heterocycles. The Kier molecular flexibility index (Phi) is 3.05. The van der Waals surface area contributed by atoms with Crippen LogP contribution in [0.4, 0.5) is 19.6 Å². The lowest BCUT2D eigenvalue weighted by Gasteiger charge is -2.02. The summed E-state index contributed by atoms with van der Waals surface area (Å²) in [5, 5.41) is 12.3. The molecular formula is C14H7F2N3S. The summed E-state index contributed by atoms with van der Waals surface area (Å²) in [7, 11) is 0. The van der Waals surface area contributed by atoms with E-state index in [-0.39, 0.29) is 11.4 Å². The van der Waals surface area contributed by atoms with Crippen LogP contribution in [0.3, 0.4) is 0 Å². The summed E-state index contributed by atoms with van der Waals surface area (Å²) in [6, 6.07) is 10.3. The lowest BCUT2D eigenvalue weighted by Crippen LogP contribution is -1.91. The van der Waals surface area contributed by atoms with Crippen molar-refractivity contribution in [2.75, 3.05) is 5.32 Å². The molecular weight excluding hydrogens is 280 g/mol. The van der Waals surface area contributed by atoms with Gasteiger partial charge in [-0.3, -0.25) is 0 Å². The first-order valence-corrected chi connectivity index (χ1v) is 6.50. The Morgan fingerprint density at radius 3 is 2.80 bits per heavy atom. The minimum absolute atomic E-state index is 0.0397. The summed E-state index contributed by atoms with van der Waals surface area (Å²) in [5.74, 6) is -0.884. The highest BCUT2D eigenvalue weighted by molar-refractivity contribution is 7.22. The predicted octanol–water partition coefficient (Wildman–Crippen LogP) is 4.19. The third-order valence-corrected chi connectivity index (χ3v) is 3.62. The number of nitrogens with zero attached hydrogens (tertiary/aromatic N) is 2. The van der Waals surface area contributed by atoms with Crippen LogP contribution in [0.1, 0.15) is 5.56 Å². The van der Waals surface area contributed by atoms with Gasteiger partial charge in [0, 0.05) is 5.69 Å². The second-order valence-corrected chi connectivity index (χ2v) is 5.09. The van der Waals surface area contributed by atoms with Crippen LogP contribution in [0.25, 0.3) is 10.2 Å². The number of fused-ring (bicyclic) bond motifs is 1. The highest BCUT2D eigenvalue weighted by Crippen LogP contribution is 2.29. The lowest BCUT2D eigenvalue weighted by atomic mass is 10.2. The first kappa shape index (κ1) is 12.5. The van der Waals surface area contributed by atoms with Gasteiger partial charge in [0.15, 0.2) is 5.13 Å². The standard InChI is InChI=1S/C14H7F2N3S/c15-9-1-4-12-13(6-9)20-14(19-12)18-10-2-3-11(16)8(5-10)7-17/h1-6H,(H,18,19). The van der Waals surface area contributed by atoms with E-state index in [9.17, 15) is 8.78 Å². The fourth-order valence-corrected chi connectivity index (χ4v) is 2.68. The van der Waals surface area contributed by atoms with Gasteiger partial charge >= 0.3 is 0 Å². The molecule has 0 unspecified atom stereocenters. The summed E-state index contributed by atoms with van der Waals surface area (Å²) in [6.07, 6.45) is 0. The molecule has 0 radical (unpaired) electrons. The second-order valence-electron chi connectivity index (χ2n) is 4.06. The minimum atomic E-state index is -0.565. The van der Waals surface area contributed by atoms with Gasteiger partial charge in [0.2, 0.25) is 0 Å². The molecule has 1 N–H and O–H groups in total.